The highest BCUT2D eigenvalue weighted by atomic mass is 16.5. The van der Waals surface area contributed by atoms with E-state index in [0.29, 0.717) is 11.3 Å². The zero-order valence-electron chi connectivity index (χ0n) is 16.9. The van der Waals surface area contributed by atoms with Gasteiger partial charge in [0, 0.05) is 31.6 Å². The molecule has 142 valence electrons. The second-order valence-corrected chi connectivity index (χ2v) is 8.25. The zero-order valence-corrected chi connectivity index (χ0v) is 16.9. The molecule has 1 heterocycles. The Morgan fingerprint density at radius 2 is 1.88 bits per heavy atom. The Balaban J connectivity index is 1.88. The van der Waals surface area contributed by atoms with Gasteiger partial charge in [-0.15, -0.1) is 0 Å². The molecule has 1 aliphatic rings. The first-order chi connectivity index (χ1) is 11.9. The van der Waals surface area contributed by atoms with E-state index in [2.05, 4.69) is 41.6 Å². The van der Waals surface area contributed by atoms with Crippen LogP contribution in [0, 0.1) is 25.2 Å². The van der Waals surface area contributed by atoms with E-state index in [1.165, 1.54) is 37.7 Å². The smallest absolute Gasteiger partial charge is 0.191 e. The molecule has 2 N–H and O–H groups in total. The highest BCUT2D eigenvalue weighted by molar-refractivity contribution is 5.79. The average molecular weight is 349 g/mol. The van der Waals surface area contributed by atoms with Crippen LogP contribution in [0.3, 0.4) is 0 Å². The Labute approximate surface area is 153 Å². The molecule has 0 radical (unpaired) electrons. The first kappa shape index (κ1) is 19.8. The maximum absolute atomic E-state index is 5.29. The Morgan fingerprint density at radius 3 is 2.40 bits per heavy atom. The van der Waals surface area contributed by atoms with Crippen LogP contribution >= 0.6 is 0 Å². The molecule has 0 saturated heterocycles. The summed E-state index contributed by atoms with van der Waals surface area (Å²) < 4.78 is 5.29. The maximum atomic E-state index is 5.29. The molecular formula is C20H36N4O. The molecule has 1 aliphatic carbocycles. The van der Waals surface area contributed by atoms with Crippen LogP contribution in [0.25, 0.3) is 0 Å². The highest BCUT2D eigenvalue weighted by Crippen LogP contribution is 2.42. The summed E-state index contributed by atoms with van der Waals surface area (Å²) in [5.41, 5.74) is 2.63. The molecule has 1 saturated carbocycles. The third-order valence-electron chi connectivity index (χ3n) is 5.52. The van der Waals surface area contributed by atoms with Crippen molar-refractivity contribution in [2.75, 3.05) is 20.1 Å². The van der Waals surface area contributed by atoms with Crippen molar-refractivity contribution in [1.82, 2.24) is 15.8 Å². The molecule has 25 heavy (non-hydrogen) atoms. The van der Waals surface area contributed by atoms with Crippen LogP contribution < -0.4 is 10.6 Å². The lowest BCUT2D eigenvalue weighted by molar-refractivity contribution is 0.234. The van der Waals surface area contributed by atoms with Gasteiger partial charge in [-0.05, 0) is 44.4 Å². The fourth-order valence-electron chi connectivity index (χ4n) is 4.48. The van der Waals surface area contributed by atoms with Gasteiger partial charge in [-0.2, -0.15) is 0 Å². The summed E-state index contributed by atoms with van der Waals surface area (Å²) in [6, 6.07) is 0. The number of hydrogen-bond acceptors (Lipinski definition) is 3. The van der Waals surface area contributed by atoms with Gasteiger partial charge in [-0.1, -0.05) is 38.8 Å². The van der Waals surface area contributed by atoms with Gasteiger partial charge in [0.2, 0.25) is 0 Å². The number of nitrogens with zero attached hydrogens (tertiary/aromatic N) is 2. The molecule has 1 aromatic heterocycles. The molecule has 0 amide bonds. The third-order valence-corrected chi connectivity index (χ3v) is 5.52. The van der Waals surface area contributed by atoms with Crippen molar-refractivity contribution >= 4 is 5.96 Å². The van der Waals surface area contributed by atoms with E-state index < -0.39 is 0 Å². The van der Waals surface area contributed by atoms with Gasteiger partial charge < -0.3 is 15.2 Å². The average Bonchev–Trinajstić information content (AvgIpc) is 3.14. The summed E-state index contributed by atoms with van der Waals surface area (Å²) >= 11 is 0. The number of aliphatic imine (C=N–C) groups is 1. The van der Waals surface area contributed by atoms with Crippen molar-refractivity contribution in [2.45, 2.75) is 72.6 Å². The predicted octanol–water partition coefficient (Wildman–Crippen LogP) is 4.17. The maximum Gasteiger partial charge on any atom is 0.191 e. The Hall–Kier alpha value is -1.52. The molecule has 0 spiro atoms. The minimum Gasteiger partial charge on any atom is -0.361 e. The van der Waals surface area contributed by atoms with Crippen molar-refractivity contribution in [2.24, 2.45) is 16.3 Å². The van der Waals surface area contributed by atoms with Crippen molar-refractivity contribution in [3.05, 3.63) is 17.0 Å². The van der Waals surface area contributed by atoms with Crippen molar-refractivity contribution in [3.8, 4) is 0 Å². The molecule has 1 fully saturated rings. The summed E-state index contributed by atoms with van der Waals surface area (Å²) in [5, 5.41) is 11.1. The van der Waals surface area contributed by atoms with Gasteiger partial charge in [0.15, 0.2) is 5.96 Å². The fourth-order valence-corrected chi connectivity index (χ4v) is 4.48. The van der Waals surface area contributed by atoms with Crippen LogP contribution in [0.1, 0.15) is 75.8 Å². The first-order valence-electron chi connectivity index (χ1n) is 9.74. The molecule has 2 rings (SSSR count). The SMILES string of the molecule is CN=C(NCC(C)c1c(C)noc1C)NCC1(CC(C)C)CCCC1. The lowest BCUT2D eigenvalue weighted by Gasteiger charge is -2.32. The van der Waals surface area contributed by atoms with E-state index in [0.717, 1.165) is 36.4 Å². The number of nitrogens with one attached hydrogen (secondary N) is 2. The summed E-state index contributed by atoms with van der Waals surface area (Å²) in [7, 11) is 1.85. The Bertz CT molecular complexity index is 551. The van der Waals surface area contributed by atoms with E-state index in [1.54, 1.807) is 0 Å². The summed E-state index contributed by atoms with van der Waals surface area (Å²) in [5.74, 6) is 2.89. The summed E-state index contributed by atoms with van der Waals surface area (Å²) in [6.07, 6.45) is 6.70. The number of aromatic nitrogens is 1. The quantitative estimate of drug-likeness (QED) is 0.573. The van der Waals surface area contributed by atoms with Gasteiger partial charge in [0.1, 0.15) is 5.76 Å². The normalized spacial score (nSPS) is 18.6. The molecule has 5 heteroatoms. The van der Waals surface area contributed by atoms with E-state index in [4.69, 9.17) is 4.52 Å². The van der Waals surface area contributed by atoms with Gasteiger partial charge in [0.25, 0.3) is 0 Å². The molecule has 1 aromatic rings. The molecule has 0 bridgehead atoms. The largest absolute Gasteiger partial charge is 0.361 e. The molecule has 0 aromatic carbocycles. The van der Waals surface area contributed by atoms with Gasteiger partial charge in [0.05, 0.1) is 5.69 Å². The van der Waals surface area contributed by atoms with Crippen LogP contribution in [0.5, 0.6) is 0 Å². The summed E-state index contributed by atoms with van der Waals surface area (Å²) in [4.78, 5) is 4.41. The Kier molecular flexibility index (Phi) is 6.91. The number of rotatable bonds is 7. The minimum absolute atomic E-state index is 0.334. The molecule has 1 atom stereocenters. The van der Waals surface area contributed by atoms with Crippen LogP contribution in [0.15, 0.2) is 9.52 Å². The highest BCUT2D eigenvalue weighted by Gasteiger charge is 2.34. The minimum atomic E-state index is 0.334. The second kappa shape index (κ2) is 8.72. The molecule has 1 unspecified atom stereocenters. The number of hydrogen-bond donors (Lipinski definition) is 2. The second-order valence-electron chi connectivity index (χ2n) is 8.25. The lowest BCUT2D eigenvalue weighted by atomic mass is 9.78. The van der Waals surface area contributed by atoms with Crippen molar-refractivity contribution in [3.63, 3.8) is 0 Å². The predicted molar refractivity (Wildman–Crippen MR) is 104 cm³/mol. The lowest BCUT2D eigenvalue weighted by Crippen LogP contribution is -2.44. The zero-order chi connectivity index (χ0) is 18.4. The van der Waals surface area contributed by atoms with E-state index in [-0.39, 0.29) is 0 Å². The third kappa shape index (κ3) is 5.23. The van der Waals surface area contributed by atoms with Crippen LogP contribution in [-0.4, -0.2) is 31.3 Å². The molecule has 5 nitrogen and oxygen atoms in total. The monoisotopic (exact) mass is 348 g/mol. The van der Waals surface area contributed by atoms with Gasteiger partial charge >= 0.3 is 0 Å². The van der Waals surface area contributed by atoms with Crippen LogP contribution in [-0.2, 0) is 0 Å². The number of guanidine groups is 1. The summed E-state index contributed by atoms with van der Waals surface area (Å²) in [6.45, 7) is 12.7. The van der Waals surface area contributed by atoms with Gasteiger partial charge in [-0.25, -0.2) is 0 Å². The number of aryl methyl sites for hydroxylation is 2. The first-order valence-corrected chi connectivity index (χ1v) is 9.74. The van der Waals surface area contributed by atoms with Crippen molar-refractivity contribution in [1.29, 1.82) is 0 Å². The van der Waals surface area contributed by atoms with Crippen molar-refractivity contribution < 1.29 is 4.52 Å². The fraction of sp³-hybridized carbons (Fsp3) is 0.800. The van der Waals surface area contributed by atoms with Crippen LogP contribution in [0.4, 0.5) is 0 Å². The van der Waals surface area contributed by atoms with E-state index >= 15 is 0 Å². The van der Waals surface area contributed by atoms with Gasteiger partial charge in [-0.3, -0.25) is 4.99 Å². The van der Waals surface area contributed by atoms with E-state index in [9.17, 15) is 0 Å². The molecular weight excluding hydrogens is 312 g/mol. The standard InChI is InChI=1S/C20H36N4O/c1-14(2)11-20(9-7-8-10-20)13-23-19(21-6)22-12-15(3)18-16(4)24-25-17(18)5/h14-15H,7-13H2,1-6H3,(H2,21,22,23). The molecule has 0 aliphatic heterocycles. The van der Waals surface area contributed by atoms with E-state index in [1.807, 2.05) is 20.9 Å². The topological polar surface area (TPSA) is 62.5 Å². The Morgan fingerprint density at radius 1 is 1.20 bits per heavy atom. The van der Waals surface area contributed by atoms with Crippen LogP contribution in [0.2, 0.25) is 0 Å².